The van der Waals surface area contributed by atoms with Gasteiger partial charge in [-0.15, -0.1) is 0 Å². The van der Waals surface area contributed by atoms with E-state index in [0.29, 0.717) is 12.8 Å². The zero-order chi connectivity index (χ0) is 44.2. The van der Waals surface area contributed by atoms with E-state index in [4.69, 9.17) is 13.8 Å². The molecule has 1 amide bonds. The van der Waals surface area contributed by atoms with Crippen LogP contribution in [0, 0.1) is 0 Å². The molecular formula is C48H78NO10P. The molecule has 0 heterocycles. The monoisotopic (exact) mass is 860 g/mol. The number of esters is 1. The third kappa shape index (κ3) is 41.1. The molecule has 0 spiro atoms. The van der Waals surface area contributed by atoms with E-state index in [2.05, 4.69) is 116 Å². The maximum atomic E-state index is 12.3. The SMILES string of the molecule is CC/C=C\C/C=C\C/C=C\C/C=C\C/C=C\C/C=C\CCCCCCC(=O)OCC(O)COP(=O)(O)OCC(NC(=O)CCCCCCC/C=C\C/C=C\CCC)C(=O)O. The molecule has 0 aromatic rings. The highest BCUT2D eigenvalue weighted by Crippen LogP contribution is 2.43. The number of phosphoric ester groups is 1. The lowest BCUT2D eigenvalue weighted by Crippen LogP contribution is -2.43. The van der Waals surface area contributed by atoms with Crippen molar-refractivity contribution in [3.8, 4) is 0 Å². The zero-order valence-electron chi connectivity index (χ0n) is 36.7. The highest BCUT2D eigenvalue weighted by Gasteiger charge is 2.28. The number of aliphatic hydroxyl groups excluding tert-OH is 1. The Kier molecular flexibility index (Phi) is 39.6. The molecule has 3 unspecified atom stereocenters. The number of amides is 1. The number of aliphatic carboxylic acids is 1. The molecule has 4 N–H and O–H groups in total. The number of nitrogens with one attached hydrogen (secondary N) is 1. The van der Waals surface area contributed by atoms with Crippen LogP contribution >= 0.6 is 7.82 Å². The first-order chi connectivity index (χ1) is 29.1. The number of hydrogen-bond donors (Lipinski definition) is 4. The second-order valence-corrected chi connectivity index (χ2v) is 16.0. The van der Waals surface area contributed by atoms with Gasteiger partial charge in [0.25, 0.3) is 0 Å². The molecule has 0 saturated carbocycles. The van der Waals surface area contributed by atoms with E-state index in [1.165, 1.54) is 0 Å². The van der Waals surface area contributed by atoms with E-state index in [1.54, 1.807) is 0 Å². The Morgan fingerprint density at radius 1 is 0.550 bits per heavy atom. The van der Waals surface area contributed by atoms with Crippen LogP contribution in [0.5, 0.6) is 0 Å². The minimum atomic E-state index is -4.77. The first kappa shape index (κ1) is 56.4. The van der Waals surface area contributed by atoms with Gasteiger partial charge in [-0.3, -0.25) is 18.6 Å². The molecule has 0 rings (SSSR count). The van der Waals surface area contributed by atoms with Gasteiger partial charge in [0.15, 0.2) is 6.04 Å². The average molecular weight is 860 g/mol. The number of carbonyl (C=O) groups is 3. The molecule has 0 fully saturated rings. The summed E-state index contributed by atoms with van der Waals surface area (Å²) in [5.74, 6) is -2.44. The van der Waals surface area contributed by atoms with Crippen LogP contribution in [-0.4, -0.2) is 64.9 Å². The number of aliphatic hydroxyl groups is 1. The van der Waals surface area contributed by atoms with Crippen LogP contribution in [0.2, 0.25) is 0 Å². The van der Waals surface area contributed by atoms with Gasteiger partial charge in [0.2, 0.25) is 5.91 Å². The van der Waals surface area contributed by atoms with Gasteiger partial charge >= 0.3 is 19.8 Å². The highest BCUT2D eigenvalue weighted by molar-refractivity contribution is 7.47. The Hall–Kier alpha value is -3.60. The molecule has 340 valence electrons. The number of carbonyl (C=O) groups excluding carboxylic acids is 2. The number of unbranched alkanes of at least 4 members (excludes halogenated alkanes) is 10. The smallest absolute Gasteiger partial charge is 0.472 e. The standard InChI is InChI=1S/C48H78NO10P/c1-3-5-7-9-11-13-15-17-18-19-20-21-22-23-24-25-26-28-30-32-34-36-38-40-47(52)57-41-44(50)42-58-60(55,56)59-43-45(48(53)54)49-46(51)39-37-35-33-31-29-27-16-14-12-10-8-6-4-2/h5,7-8,10-11,13-14,16-18,20-21,23-24,26,28,44-45,50H,3-4,6,9,12,15,19,22,25,27,29-43H2,1-2H3,(H,49,51)(H,53,54)(H,55,56)/b7-5-,10-8-,13-11-,16-14-,18-17-,21-20-,24-23-,28-26-. The maximum Gasteiger partial charge on any atom is 0.472 e. The molecule has 3 atom stereocenters. The summed E-state index contributed by atoms with van der Waals surface area (Å²) in [6, 6.07) is -1.56. The van der Waals surface area contributed by atoms with Gasteiger partial charge in [-0.2, -0.15) is 0 Å². The highest BCUT2D eigenvalue weighted by atomic mass is 31.2. The number of allylic oxidation sites excluding steroid dienone is 16. The second kappa shape index (κ2) is 42.1. The topological polar surface area (TPSA) is 169 Å². The number of rotatable bonds is 40. The molecule has 0 bridgehead atoms. The quantitative estimate of drug-likeness (QED) is 0.0201. The number of carboxylic acid groups (broad SMARTS) is 1. The lowest BCUT2D eigenvalue weighted by molar-refractivity contribution is -0.147. The fraction of sp³-hybridized carbons (Fsp3) is 0.604. The van der Waals surface area contributed by atoms with E-state index < -0.39 is 57.6 Å². The van der Waals surface area contributed by atoms with Crippen molar-refractivity contribution in [3.63, 3.8) is 0 Å². The fourth-order valence-electron chi connectivity index (χ4n) is 5.41. The summed E-state index contributed by atoms with van der Waals surface area (Å²) in [5.41, 5.74) is 0. The zero-order valence-corrected chi connectivity index (χ0v) is 37.6. The van der Waals surface area contributed by atoms with Gasteiger partial charge in [-0.25, -0.2) is 9.36 Å². The van der Waals surface area contributed by atoms with E-state index in [1.807, 2.05) is 0 Å². The van der Waals surface area contributed by atoms with Crippen LogP contribution in [0.25, 0.3) is 0 Å². The van der Waals surface area contributed by atoms with Gasteiger partial charge in [-0.05, 0) is 89.9 Å². The Morgan fingerprint density at radius 3 is 1.45 bits per heavy atom. The Bertz CT molecular complexity index is 1380. The summed E-state index contributed by atoms with van der Waals surface area (Å²) >= 11 is 0. The maximum absolute atomic E-state index is 12.3. The summed E-state index contributed by atoms with van der Waals surface area (Å²) < 4.78 is 26.8. The Labute approximate surface area is 362 Å². The van der Waals surface area contributed by atoms with E-state index in [9.17, 15) is 34.1 Å². The van der Waals surface area contributed by atoms with Crippen molar-refractivity contribution in [2.45, 2.75) is 167 Å². The van der Waals surface area contributed by atoms with Gasteiger partial charge in [0.1, 0.15) is 12.7 Å². The average Bonchev–Trinajstić information content (AvgIpc) is 3.22. The largest absolute Gasteiger partial charge is 0.480 e. The summed E-state index contributed by atoms with van der Waals surface area (Å²) in [7, 11) is -4.77. The van der Waals surface area contributed by atoms with Gasteiger partial charge < -0.3 is 25.2 Å². The summed E-state index contributed by atoms with van der Waals surface area (Å²) in [6.45, 7) is 2.35. The van der Waals surface area contributed by atoms with Crippen molar-refractivity contribution >= 4 is 25.7 Å². The van der Waals surface area contributed by atoms with E-state index in [-0.39, 0.29) is 12.8 Å². The van der Waals surface area contributed by atoms with Crippen molar-refractivity contribution < 1.29 is 47.8 Å². The number of phosphoric acid groups is 1. The molecule has 0 aliphatic heterocycles. The van der Waals surface area contributed by atoms with Crippen LogP contribution < -0.4 is 5.32 Å². The van der Waals surface area contributed by atoms with Crippen LogP contribution in [0.1, 0.15) is 155 Å². The normalized spacial score (nSPS) is 14.6. The van der Waals surface area contributed by atoms with E-state index >= 15 is 0 Å². The van der Waals surface area contributed by atoms with Gasteiger partial charge in [0.05, 0.1) is 13.2 Å². The van der Waals surface area contributed by atoms with Crippen molar-refractivity contribution in [2.75, 3.05) is 19.8 Å². The summed E-state index contributed by atoms with van der Waals surface area (Å²) in [6.07, 6.45) is 52.9. The third-order valence-electron chi connectivity index (χ3n) is 8.84. The number of ether oxygens (including phenoxy) is 1. The predicted octanol–water partition coefficient (Wildman–Crippen LogP) is 11.7. The number of carboxylic acids is 1. The first-order valence-corrected chi connectivity index (χ1v) is 23.8. The van der Waals surface area contributed by atoms with Gasteiger partial charge in [-0.1, -0.05) is 150 Å². The predicted molar refractivity (Wildman–Crippen MR) is 244 cm³/mol. The van der Waals surface area contributed by atoms with Crippen LogP contribution in [0.15, 0.2) is 97.2 Å². The first-order valence-electron chi connectivity index (χ1n) is 22.3. The van der Waals surface area contributed by atoms with Crippen LogP contribution in [0.3, 0.4) is 0 Å². The van der Waals surface area contributed by atoms with Gasteiger partial charge in [0, 0.05) is 12.8 Å². The van der Waals surface area contributed by atoms with Crippen molar-refractivity contribution in [2.24, 2.45) is 0 Å². The summed E-state index contributed by atoms with van der Waals surface area (Å²) in [4.78, 5) is 45.9. The van der Waals surface area contributed by atoms with Crippen LogP contribution in [0.4, 0.5) is 0 Å². The molecule has 0 aromatic carbocycles. The molecule has 0 aliphatic rings. The summed E-state index contributed by atoms with van der Waals surface area (Å²) in [5, 5.41) is 21.8. The Morgan fingerprint density at radius 2 is 0.967 bits per heavy atom. The minimum absolute atomic E-state index is 0.122. The molecular weight excluding hydrogens is 781 g/mol. The van der Waals surface area contributed by atoms with Crippen molar-refractivity contribution in [3.05, 3.63) is 97.2 Å². The lowest BCUT2D eigenvalue weighted by Gasteiger charge is -2.18. The van der Waals surface area contributed by atoms with Crippen LogP contribution in [-0.2, 0) is 32.7 Å². The third-order valence-corrected chi connectivity index (χ3v) is 9.79. The lowest BCUT2D eigenvalue weighted by atomic mass is 10.1. The number of hydrogen-bond acceptors (Lipinski definition) is 8. The minimum Gasteiger partial charge on any atom is -0.480 e. The second-order valence-electron chi connectivity index (χ2n) is 14.5. The van der Waals surface area contributed by atoms with E-state index in [0.717, 1.165) is 116 Å². The molecule has 12 heteroatoms. The molecule has 0 aliphatic carbocycles. The molecule has 0 aromatic heterocycles. The molecule has 0 radical (unpaired) electrons. The Balaban J connectivity index is 3.96. The van der Waals surface area contributed by atoms with Crippen molar-refractivity contribution in [1.29, 1.82) is 0 Å². The molecule has 60 heavy (non-hydrogen) atoms. The molecule has 0 saturated heterocycles. The molecule has 11 nitrogen and oxygen atoms in total. The van der Waals surface area contributed by atoms with Crippen molar-refractivity contribution in [1.82, 2.24) is 5.32 Å². The fourth-order valence-corrected chi connectivity index (χ4v) is 6.19.